The number of amides is 1. The van der Waals surface area contributed by atoms with Gasteiger partial charge in [-0.25, -0.2) is 9.94 Å². The van der Waals surface area contributed by atoms with Crippen molar-refractivity contribution in [2.24, 2.45) is 5.10 Å². The van der Waals surface area contributed by atoms with Crippen molar-refractivity contribution in [1.82, 2.24) is 35.4 Å². The first-order valence-electron chi connectivity index (χ1n) is 11.5. The molecule has 0 aliphatic rings. The molecule has 0 saturated heterocycles. The van der Waals surface area contributed by atoms with Crippen LogP contribution in [0.3, 0.4) is 0 Å². The van der Waals surface area contributed by atoms with Crippen molar-refractivity contribution >= 4 is 40.1 Å². The number of aromatic nitrogens is 6. The third kappa shape index (κ3) is 4.13. The Morgan fingerprint density at radius 2 is 1.62 bits per heavy atom. The zero-order valence-electron chi connectivity index (χ0n) is 20.0. The third-order valence-electron chi connectivity index (χ3n) is 5.92. The maximum atomic E-state index is 12.9. The molecule has 0 aliphatic carbocycles. The molecule has 4 heterocycles. The number of aryl methyl sites for hydroxylation is 2. The van der Waals surface area contributed by atoms with Crippen LogP contribution in [0, 0.1) is 13.8 Å². The van der Waals surface area contributed by atoms with E-state index in [9.17, 15) is 4.79 Å². The summed E-state index contributed by atoms with van der Waals surface area (Å²) in [6.45, 7) is 3.78. The lowest BCUT2D eigenvalue weighted by atomic mass is 9.97. The van der Waals surface area contributed by atoms with Crippen LogP contribution in [0.15, 0.2) is 77.9 Å². The minimum atomic E-state index is -0.477. The topological polar surface area (TPSA) is 110 Å². The van der Waals surface area contributed by atoms with Gasteiger partial charge in [0.2, 0.25) is 5.65 Å². The predicted octanol–water partition coefficient (Wildman–Crippen LogP) is 4.84. The van der Waals surface area contributed by atoms with E-state index in [4.69, 9.17) is 0 Å². The standard InChI is InChI=1S/C27H20N8OS/c1-16-13-14-20(37-16)15-28-33-27(36)23-17(2)35-26(32-29-23)22-21(18-9-5-3-6-10-18)24(30-31-25(22)34-35)19-11-7-4-8-12-19/h3-15H,1-2H3,(H,33,36)/b28-15+. The zero-order chi connectivity index (χ0) is 25.4. The van der Waals surface area contributed by atoms with Gasteiger partial charge in [0.15, 0.2) is 11.3 Å². The molecule has 180 valence electrons. The number of hydrogen-bond donors (Lipinski definition) is 1. The molecule has 37 heavy (non-hydrogen) atoms. The molecule has 0 aliphatic heterocycles. The highest BCUT2D eigenvalue weighted by atomic mass is 32.1. The van der Waals surface area contributed by atoms with Crippen LogP contribution < -0.4 is 5.43 Å². The lowest BCUT2D eigenvalue weighted by Gasteiger charge is -2.10. The fourth-order valence-corrected chi connectivity index (χ4v) is 4.93. The highest BCUT2D eigenvalue weighted by molar-refractivity contribution is 7.13. The first-order chi connectivity index (χ1) is 18.1. The monoisotopic (exact) mass is 504 g/mol. The molecule has 10 heteroatoms. The summed E-state index contributed by atoms with van der Waals surface area (Å²) < 4.78 is 1.59. The van der Waals surface area contributed by atoms with E-state index in [1.54, 1.807) is 29.0 Å². The van der Waals surface area contributed by atoms with Gasteiger partial charge in [0.25, 0.3) is 5.91 Å². The maximum Gasteiger partial charge on any atom is 0.293 e. The van der Waals surface area contributed by atoms with Gasteiger partial charge in [-0.3, -0.25) is 4.79 Å². The Balaban J connectivity index is 1.48. The van der Waals surface area contributed by atoms with Crippen molar-refractivity contribution in [3.05, 3.63) is 93.9 Å². The van der Waals surface area contributed by atoms with E-state index >= 15 is 0 Å². The van der Waals surface area contributed by atoms with E-state index in [0.717, 1.165) is 21.6 Å². The molecule has 0 saturated carbocycles. The Morgan fingerprint density at radius 3 is 2.32 bits per heavy atom. The summed E-state index contributed by atoms with van der Waals surface area (Å²) >= 11 is 1.59. The summed E-state index contributed by atoms with van der Waals surface area (Å²) in [6, 6.07) is 23.7. The van der Waals surface area contributed by atoms with Gasteiger partial charge in [-0.05, 0) is 31.5 Å². The summed E-state index contributed by atoms with van der Waals surface area (Å²) in [5.41, 5.74) is 7.53. The quantitative estimate of drug-likeness (QED) is 0.266. The van der Waals surface area contributed by atoms with Gasteiger partial charge in [-0.15, -0.1) is 36.8 Å². The second kappa shape index (κ2) is 9.32. The number of hydrazone groups is 1. The molecule has 9 nitrogen and oxygen atoms in total. The molecule has 0 unspecified atom stereocenters. The second-order valence-corrected chi connectivity index (χ2v) is 9.69. The normalized spacial score (nSPS) is 11.5. The highest BCUT2D eigenvalue weighted by Gasteiger charge is 2.23. The number of benzene rings is 2. The molecular weight excluding hydrogens is 484 g/mol. The predicted molar refractivity (Wildman–Crippen MR) is 144 cm³/mol. The molecular formula is C27H20N8OS. The maximum absolute atomic E-state index is 12.9. The molecule has 1 amide bonds. The van der Waals surface area contributed by atoms with Gasteiger partial charge in [0.1, 0.15) is 5.69 Å². The Kier molecular flexibility index (Phi) is 5.70. The third-order valence-corrected chi connectivity index (χ3v) is 6.86. The summed E-state index contributed by atoms with van der Waals surface area (Å²) in [5, 5.41) is 27.0. The van der Waals surface area contributed by atoms with E-state index in [1.165, 1.54) is 4.88 Å². The smallest absolute Gasteiger partial charge is 0.265 e. The Bertz CT molecular complexity index is 1790. The number of fused-ring (bicyclic) bond motifs is 3. The van der Waals surface area contributed by atoms with Crippen LogP contribution in [0.5, 0.6) is 0 Å². The van der Waals surface area contributed by atoms with E-state index in [1.807, 2.05) is 79.7 Å². The first kappa shape index (κ1) is 22.6. The van der Waals surface area contributed by atoms with E-state index < -0.39 is 5.91 Å². The Morgan fingerprint density at radius 1 is 0.892 bits per heavy atom. The van der Waals surface area contributed by atoms with Crippen molar-refractivity contribution < 1.29 is 4.79 Å². The van der Waals surface area contributed by atoms with Gasteiger partial charge in [0.05, 0.1) is 17.3 Å². The number of nitrogens with zero attached hydrogens (tertiary/aromatic N) is 7. The fraction of sp³-hybridized carbons (Fsp3) is 0.0741. The molecule has 0 spiro atoms. The molecule has 1 N–H and O–H groups in total. The highest BCUT2D eigenvalue weighted by Crippen LogP contribution is 2.37. The SMILES string of the molecule is Cc1ccc(/C=N/NC(=O)c2nnc3c4c(-c5ccccc5)c(-c5ccccc5)nnc4nn3c2C)s1. The van der Waals surface area contributed by atoms with E-state index in [0.29, 0.717) is 28.1 Å². The van der Waals surface area contributed by atoms with Crippen LogP contribution >= 0.6 is 11.3 Å². The molecule has 2 aromatic carbocycles. The molecule has 0 atom stereocenters. The number of nitrogens with one attached hydrogen (secondary N) is 1. The van der Waals surface area contributed by atoms with Gasteiger partial charge in [-0.2, -0.15) is 5.10 Å². The van der Waals surface area contributed by atoms with Crippen LogP contribution in [0.25, 0.3) is 39.1 Å². The van der Waals surface area contributed by atoms with Gasteiger partial charge in [0, 0.05) is 20.9 Å². The number of carbonyl (C=O) groups is 1. The van der Waals surface area contributed by atoms with Crippen LogP contribution in [0.2, 0.25) is 0 Å². The lowest BCUT2D eigenvalue weighted by molar-refractivity contribution is 0.0947. The summed E-state index contributed by atoms with van der Waals surface area (Å²) in [6.07, 6.45) is 1.60. The average molecular weight is 505 g/mol. The number of hydrogen-bond acceptors (Lipinski definition) is 8. The Hall–Kier alpha value is -4.83. The minimum absolute atomic E-state index is 0.123. The van der Waals surface area contributed by atoms with E-state index in [-0.39, 0.29) is 5.69 Å². The minimum Gasteiger partial charge on any atom is -0.265 e. The van der Waals surface area contributed by atoms with Crippen LogP contribution in [0.1, 0.15) is 25.9 Å². The lowest BCUT2D eigenvalue weighted by Crippen LogP contribution is -2.22. The Labute approximate surface area is 215 Å². The molecule has 0 radical (unpaired) electrons. The van der Waals surface area contributed by atoms with Crippen molar-refractivity contribution in [2.45, 2.75) is 13.8 Å². The summed E-state index contributed by atoms with van der Waals surface area (Å²) in [4.78, 5) is 15.0. The first-order valence-corrected chi connectivity index (χ1v) is 12.3. The number of rotatable bonds is 5. The molecule has 0 bridgehead atoms. The average Bonchev–Trinajstić information content (AvgIpc) is 3.53. The summed E-state index contributed by atoms with van der Waals surface area (Å²) in [7, 11) is 0. The van der Waals surface area contributed by atoms with Gasteiger partial charge in [-0.1, -0.05) is 60.7 Å². The van der Waals surface area contributed by atoms with Crippen LogP contribution in [0.4, 0.5) is 0 Å². The van der Waals surface area contributed by atoms with Crippen molar-refractivity contribution in [3.8, 4) is 22.4 Å². The molecule has 4 aromatic heterocycles. The van der Waals surface area contributed by atoms with Crippen molar-refractivity contribution in [1.29, 1.82) is 0 Å². The van der Waals surface area contributed by atoms with Gasteiger partial charge < -0.3 is 0 Å². The molecule has 0 fully saturated rings. The van der Waals surface area contributed by atoms with E-state index in [2.05, 4.69) is 36.0 Å². The van der Waals surface area contributed by atoms with Crippen molar-refractivity contribution in [2.75, 3.05) is 0 Å². The largest absolute Gasteiger partial charge is 0.293 e. The number of carbonyl (C=O) groups excluding carboxylic acids is 1. The van der Waals surface area contributed by atoms with Gasteiger partial charge >= 0.3 is 0 Å². The fourth-order valence-electron chi connectivity index (χ4n) is 4.18. The molecule has 6 aromatic rings. The zero-order valence-corrected chi connectivity index (χ0v) is 20.8. The number of thiophene rings is 1. The summed E-state index contributed by atoms with van der Waals surface area (Å²) in [5.74, 6) is -0.477. The second-order valence-electron chi connectivity index (χ2n) is 8.37. The van der Waals surface area contributed by atoms with Crippen LogP contribution in [-0.2, 0) is 0 Å². The molecule has 6 rings (SSSR count). The van der Waals surface area contributed by atoms with Crippen LogP contribution in [-0.4, -0.2) is 42.1 Å². The van der Waals surface area contributed by atoms with Crippen molar-refractivity contribution in [3.63, 3.8) is 0 Å².